The molecule has 2 saturated carbocycles. The van der Waals surface area contributed by atoms with Crippen LogP contribution in [0, 0.1) is 37.0 Å². The van der Waals surface area contributed by atoms with Crippen molar-refractivity contribution in [1.82, 2.24) is 25.5 Å². The van der Waals surface area contributed by atoms with Gasteiger partial charge in [0.15, 0.2) is 11.4 Å². The first-order chi connectivity index (χ1) is 24.1. The molecule has 2 aromatic rings. The van der Waals surface area contributed by atoms with E-state index in [0.29, 0.717) is 30.9 Å². The summed E-state index contributed by atoms with van der Waals surface area (Å²) >= 11 is 0. The summed E-state index contributed by atoms with van der Waals surface area (Å²) in [5.41, 5.74) is 2.65. The Balaban J connectivity index is 1.27. The standard InChI is InChI=1S/C38H50N6O7/c1-20-10-23(11-21(2)32(20)50-7)27-15-38(51-43-27)16-29(30(45)13-24(12-22-8-9-22)31(46)35(48)39-6)44(18-38)36(49)33(37(3,4)5)42-34(47)26-14-25(26)28-17-40-19-41-28/h10-11,17,19,22,24-26,29,33H,8-9,12-16,18H2,1-7H3,(H,39,48)(H,40,41)(H,42,47)/t24-,25+,26+,29?,33-,38-/m1/s1. The molecule has 274 valence electrons. The summed E-state index contributed by atoms with van der Waals surface area (Å²) in [6.45, 7) is 9.64. The average Bonchev–Trinajstić information content (AvgIpc) is 3.92. The number of hydrogen-bond donors (Lipinski definition) is 3. The molecule has 6 rings (SSSR count). The molecule has 3 N–H and O–H groups in total. The van der Waals surface area contributed by atoms with E-state index < -0.39 is 46.6 Å². The number of nitrogens with one attached hydrogen (secondary N) is 3. The Morgan fingerprint density at radius 2 is 1.84 bits per heavy atom. The summed E-state index contributed by atoms with van der Waals surface area (Å²) in [6.07, 6.45) is 6.65. The second-order valence-corrected chi connectivity index (χ2v) is 16.1. The second-order valence-electron chi connectivity index (χ2n) is 16.1. The Bertz CT molecular complexity index is 1720. The topological polar surface area (TPSA) is 172 Å². The van der Waals surface area contributed by atoms with Crippen molar-refractivity contribution in [1.29, 1.82) is 0 Å². The largest absolute Gasteiger partial charge is 0.496 e. The lowest BCUT2D eigenvalue weighted by molar-refractivity contribution is -0.145. The first-order valence-corrected chi connectivity index (χ1v) is 17.9. The maximum atomic E-state index is 14.7. The number of carbonyl (C=O) groups is 5. The maximum absolute atomic E-state index is 14.7. The van der Waals surface area contributed by atoms with Crippen LogP contribution < -0.4 is 15.4 Å². The van der Waals surface area contributed by atoms with Crippen LogP contribution in [0.2, 0.25) is 0 Å². The highest BCUT2D eigenvalue weighted by molar-refractivity contribution is 6.37. The number of likely N-dealkylation sites (N-methyl/N-ethyl adjacent to an activating group) is 1. The van der Waals surface area contributed by atoms with Crippen LogP contribution in [-0.2, 0) is 28.8 Å². The van der Waals surface area contributed by atoms with Crippen molar-refractivity contribution in [3.63, 3.8) is 0 Å². The molecule has 13 nitrogen and oxygen atoms in total. The minimum atomic E-state index is -0.988. The number of nitrogens with zero attached hydrogens (tertiary/aromatic N) is 3. The SMILES string of the molecule is CNC(=O)C(=O)[C@@H](CC(=O)C1C[C@]2(CC(c3cc(C)c(OC)c(C)c3)=NO2)CN1C(=O)[C@@H](NC(=O)[C@H]1C[C@@H]1c1cnc[nH]1)C(C)(C)C)CC1CC1. The highest BCUT2D eigenvalue weighted by atomic mass is 16.7. The number of Topliss-reactive ketones (excluding diaryl/α,β-unsaturated/α-hetero) is 2. The van der Waals surface area contributed by atoms with E-state index in [1.807, 2.05) is 46.8 Å². The fourth-order valence-electron chi connectivity index (χ4n) is 7.86. The number of benzene rings is 1. The highest BCUT2D eigenvalue weighted by Crippen LogP contribution is 2.47. The third kappa shape index (κ3) is 7.57. The summed E-state index contributed by atoms with van der Waals surface area (Å²) in [6, 6.07) is 2.09. The van der Waals surface area contributed by atoms with Crippen LogP contribution in [0.5, 0.6) is 5.75 Å². The van der Waals surface area contributed by atoms with Gasteiger partial charge in [0.2, 0.25) is 17.6 Å². The Morgan fingerprint density at radius 1 is 1.14 bits per heavy atom. The summed E-state index contributed by atoms with van der Waals surface area (Å²) in [5, 5.41) is 9.93. The van der Waals surface area contributed by atoms with Gasteiger partial charge in [-0.2, -0.15) is 0 Å². The molecule has 1 aromatic heterocycles. The molecule has 0 bridgehead atoms. The number of hydrogen-bond acceptors (Lipinski definition) is 9. The van der Waals surface area contributed by atoms with Gasteiger partial charge in [0.1, 0.15) is 11.8 Å². The predicted octanol–water partition coefficient (Wildman–Crippen LogP) is 3.52. The molecule has 2 aliphatic heterocycles. The van der Waals surface area contributed by atoms with Crippen LogP contribution in [0.4, 0.5) is 0 Å². The van der Waals surface area contributed by atoms with Crippen molar-refractivity contribution in [3.05, 3.63) is 47.0 Å². The van der Waals surface area contributed by atoms with Gasteiger partial charge >= 0.3 is 0 Å². The van der Waals surface area contributed by atoms with E-state index in [1.54, 1.807) is 19.6 Å². The molecule has 51 heavy (non-hydrogen) atoms. The average molecular weight is 703 g/mol. The number of imidazole rings is 1. The fraction of sp³-hybridized carbons (Fsp3) is 0.605. The molecule has 1 unspecified atom stereocenters. The Morgan fingerprint density at radius 3 is 2.43 bits per heavy atom. The summed E-state index contributed by atoms with van der Waals surface area (Å²) in [4.78, 5) is 83.1. The number of H-pyrrole nitrogens is 1. The van der Waals surface area contributed by atoms with E-state index in [2.05, 4.69) is 25.8 Å². The van der Waals surface area contributed by atoms with Crippen LogP contribution in [0.25, 0.3) is 0 Å². The Hall–Kier alpha value is -4.55. The van der Waals surface area contributed by atoms with E-state index >= 15 is 0 Å². The van der Waals surface area contributed by atoms with Crippen molar-refractivity contribution in [3.8, 4) is 5.75 Å². The monoisotopic (exact) mass is 702 g/mol. The van der Waals surface area contributed by atoms with Crippen LogP contribution in [0.1, 0.15) is 94.0 Å². The molecule has 13 heteroatoms. The van der Waals surface area contributed by atoms with Gasteiger partial charge in [0.05, 0.1) is 31.7 Å². The zero-order valence-electron chi connectivity index (χ0n) is 30.6. The number of aromatic amines is 1. The van der Waals surface area contributed by atoms with Gasteiger partial charge in [-0.15, -0.1) is 0 Å². The molecule has 1 saturated heterocycles. The van der Waals surface area contributed by atoms with E-state index in [0.717, 1.165) is 41.0 Å². The third-order valence-electron chi connectivity index (χ3n) is 10.9. The first-order valence-electron chi connectivity index (χ1n) is 17.9. The number of ketones is 2. The van der Waals surface area contributed by atoms with Crippen LogP contribution in [0.15, 0.2) is 29.8 Å². The molecule has 4 aliphatic rings. The molecule has 3 amide bonds. The molecule has 1 aromatic carbocycles. The highest BCUT2D eigenvalue weighted by Gasteiger charge is 2.56. The number of aryl methyl sites for hydroxylation is 2. The zero-order valence-corrected chi connectivity index (χ0v) is 30.6. The lowest BCUT2D eigenvalue weighted by atomic mass is 9.84. The lowest BCUT2D eigenvalue weighted by Gasteiger charge is -2.35. The molecule has 6 atom stereocenters. The van der Waals surface area contributed by atoms with Crippen LogP contribution >= 0.6 is 0 Å². The fourth-order valence-corrected chi connectivity index (χ4v) is 7.86. The number of aromatic nitrogens is 2. The van der Waals surface area contributed by atoms with Crippen molar-refractivity contribution in [2.24, 2.45) is 28.3 Å². The Kier molecular flexibility index (Phi) is 9.86. The normalized spacial score (nSPS) is 25.1. The van der Waals surface area contributed by atoms with Crippen molar-refractivity contribution in [2.45, 2.75) is 103 Å². The smallest absolute Gasteiger partial charge is 0.287 e. The van der Waals surface area contributed by atoms with Gasteiger partial charge in [-0.25, -0.2) is 4.98 Å². The van der Waals surface area contributed by atoms with E-state index in [9.17, 15) is 24.0 Å². The van der Waals surface area contributed by atoms with Gasteiger partial charge < -0.3 is 30.1 Å². The van der Waals surface area contributed by atoms with E-state index in [1.165, 1.54) is 11.9 Å². The third-order valence-corrected chi connectivity index (χ3v) is 10.9. The van der Waals surface area contributed by atoms with E-state index in [-0.39, 0.29) is 42.9 Å². The Labute approximate surface area is 298 Å². The minimum absolute atomic E-state index is 0.00143. The molecule has 3 heterocycles. The molecule has 3 fully saturated rings. The number of ether oxygens (including phenoxy) is 1. The summed E-state index contributed by atoms with van der Waals surface area (Å²) in [7, 11) is 3.03. The van der Waals surface area contributed by atoms with Gasteiger partial charge in [0.25, 0.3) is 5.91 Å². The van der Waals surface area contributed by atoms with Gasteiger partial charge in [-0.3, -0.25) is 24.0 Å². The van der Waals surface area contributed by atoms with Gasteiger partial charge in [0, 0.05) is 61.5 Å². The lowest BCUT2D eigenvalue weighted by Crippen LogP contribution is -2.57. The van der Waals surface area contributed by atoms with Crippen molar-refractivity contribution in [2.75, 3.05) is 20.7 Å². The molecular formula is C38H50N6O7. The number of methoxy groups -OCH3 is 1. The first kappa shape index (κ1) is 36.2. The quantitative estimate of drug-likeness (QED) is 0.266. The van der Waals surface area contributed by atoms with Crippen LogP contribution in [0.3, 0.4) is 0 Å². The number of amides is 3. The molecule has 1 spiro atoms. The number of likely N-dealkylation sites (tertiary alicyclic amines) is 1. The van der Waals surface area contributed by atoms with E-state index in [4.69, 9.17) is 9.57 Å². The molecule has 2 aliphatic carbocycles. The minimum Gasteiger partial charge on any atom is -0.496 e. The molecular weight excluding hydrogens is 652 g/mol. The molecule has 0 radical (unpaired) electrons. The van der Waals surface area contributed by atoms with Crippen molar-refractivity contribution < 1.29 is 33.5 Å². The number of rotatable bonds is 13. The van der Waals surface area contributed by atoms with Gasteiger partial charge in [-0.05, 0) is 61.3 Å². The second kappa shape index (κ2) is 13.9. The maximum Gasteiger partial charge on any atom is 0.287 e. The summed E-state index contributed by atoms with van der Waals surface area (Å²) in [5.74, 6) is -2.27. The zero-order chi connectivity index (χ0) is 36.8. The van der Waals surface area contributed by atoms with Crippen molar-refractivity contribution >= 4 is 35.0 Å². The summed E-state index contributed by atoms with van der Waals surface area (Å²) < 4.78 is 5.55. The predicted molar refractivity (Wildman–Crippen MR) is 188 cm³/mol. The number of carbonyl (C=O) groups excluding carboxylic acids is 5. The number of oxime groups is 1. The van der Waals surface area contributed by atoms with Gasteiger partial charge in [-0.1, -0.05) is 38.8 Å². The van der Waals surface area contributed by atoms with Crippen LogP contribution in [-0.4, -0.2) is 88.3 Å².